The number of aliphatic hydroxyl groups is 1. The van der Waals surface area contributed by atoms with E-state index in [0.717, 1.165) is 51.0 Å². The molecule has 0 aromatic rings. The standard InChI is InChI=1S/C16H31NO2/c1-13(2)7-4-3-5-10-16(19)17-12-14-8-6-9-15(18)11-14/h13-15,18H,3-12H2,1-2H3,(H,17,19). The smallest absolute Gasteiger partial charge is 0.220 e. The second-order valence-electron chi connectivity index (χ2n) is 6.48. The first-order chi connectivity index (χ1) is 9.08. The lowest BCUT2D eigenvalue weighted by Gasteiger charge is -2.25. The van der Waals surface area contributed by atoms with E-state index in [4.69, 9.17) is 0 Å². The summed E-state index contributed by atoms with van der Waals surface area (Å²) in [7, 11) is 0. The zero-order valence-corrected chi connectivity index (χ0v) is 12.7. The third-order valence-electron chi connectivity index (χ3n) is 4.03. The fourth-order valence-electron chi connectivity index (χ4n) is 2.81. The average Bonchev–Trinajstić information content (AvgIpc) is 2.35. The minimum absolute atomic E-state index is 0.147. The van der Waals surface area contributed by atoms with Gasteiger partial charge in [0.2, 0.25) is 5.91 Å². The number of unbranched alkanes of at least 4 members (excludes halogenated alkanes) is 2. The lowest BCUT2D eigenvalue weighted by atomic mass is 9.87. The molecule has 0 heterocycles. The van der Waals surface area contributed by atoms with Crippen LogP contribution in [0, 0.1) is 11.8 Å². The Hall–Kier alpha value is -0.570. The third kappa shape index (κ3) is 8.25. The molecule has 0 aliphatic heterocycles. The molecule has 1 amide bonds. The van der Waals surface area contributed by atoms with E-state index in [-0.39, 0.29) is 12.0 Å². The van der Waals surface area contributed by atoms with Crippen LogP contribution in [0.2, 0.25) is 0 Å². The molecule has 0 aromatic heterocycles. The molecule has 1 aliphatic rings. The number of carbonyl (C=O) groups is 1. The first-order valence-electron chi connectivity index (χ1n) is 8.02. The molecule has 2 atom stereocenters. The molecule has 3 nitrogen and oxygen atoms in total. The van der Waals surface area contributed by atoms with Crippen LogP contribution in [0.25, 0.3) is 0 Å². The first kappa shape index (κ1) is 16.5. The minimum atomic E-state index is -0.147. The van der Waals surface area contributed by atoms with Gasteiger partial charge in [-0.15, -0.1) is 0 Å². The van der Waals surface area contributed by atoms with E-state index in [2.05, 4.69) is 19.2 Å². The molecular weight excluding hydrogens is 238 g/mol. The topological polar surface area (TPSA) is 49.3 Å². The maximum atomic E-state index is 11.7. The summed E-state index contributed by atoms with van der Waals surface area (Å²) in [4.78, 5) is 11.7. The molecule has 3 heteroatoms. The highest BCUT2D eigenvalue weighted by Crippen LogP contribution is 2.23. The SMILES string of the molecule is CC(C)CCCCCC(=O)NCC1CCCC(O)C1. The van der Waals surface area contributed by atoms with Crippen molar-refractivity contribution < 1.29 is 9.90 Å². The second kappa shape index (κ2) is 9.35. The van der Waals surface area contributed by atoms with Gasteiger partial charge in [0.1, 0.15) is 0 Å². The molecule has 0 bridgehead atoms. The molecule has 2 unspecified atom stereocenters. The maximum absolute atomic E-state index is 11.7. The van der Waals surface area contributed by atoms with Crippen molar-refractivity contribution >= 4 is 5.91 Å². The molecule has 0 spiro atoms. The number of aliphatic hydroxyl groups excluding tert-OH is 1. The van der Waals surface area contributed by atoms with Crippen molar-refractivity contribution in [3.05, 3.63) is 0 Å². The van der Waals surface area contributed by atoms with Crippen LogP contribution in [-0.4, -0.2) is 23.7 Å². The van der Waals surface area contributed by atoms with Crippen molar-refractivity contribution in [1.29, 1.82) is 0 Å². The van der Waals surface area contributed by atoms with E-state index in [1.54, 1.807) is 0 Å². The van der Waals surface area contributed by atoms with Gasteiger partial charge in [-0.2, -0.15) is 0 Å². The monoisotopic (exact) mass is 269 g/mol. The fourth-order valence-corrected chi connectivity index (χ4v) is 2.81. The lowest BCUT2D eigenvalue weighted by molar-refractivity contribution is -0.121. The summed E-state index contributed by atoms with van der Waals surface area (Å²) >= 11 is 0. The Bertz CT molecular complexity index is 253. The van der Waals surface area contributed by atoms with Crippen molar-refractivity contribution in [2.24, 2.45) is 11.8 Å². The van der Waals surface area contributed by atoms with Crippen LogP contribution in [0.3, 0.4) is 0 Å². The molecule has 1 fully saturated rings. The van der Waals surface area contributed by atoms with E-state index in [0.29, 0.717) is 12.3 Å². The van der Waals surface area contributed by atoms with E-state index in [9.17, 15) is 9.90 Å². The van der Waals surface area contributed by atoms with E-state index < -0.39 is 0 Å². The summed E-state index contributed by atoms with van der Waals surface area (Å²) in [6.07, 6.45) is 9.21. The highest BCUT2D eigenvalue weighted by Gasteiger charge is 2.20. The Kier molecular flexibility index (Phi) is 8.11. The summed E-state index contributed by atoms with van der Waals surface area (Å²) < 4.78 is 0. The molecule has 1 aliphatic carbocycles. The zero-order valence-electron chi connectivity index (χ0n) is 12.7. The van der Waals surface area contributed by atoms with Gasteiger partial charge in [0.25, 0.3) is 0 Å². The quantitative estimate of drug-likeness (QED) is 0.664. The molecule has 0 radical (unpaired) electrons. The molecule has 112 valence electrons. The van der Waals surface area contributed by atoms with Crippen molar-refractivity contribution in [3.8, 4) is 0 Å². The van der Waals surface area contributed by atoms with Crippen LogP contribution >= 0.6 is 0 Å². The zero-order chi connectivity index (χ0) is 14.1. The van der Waals surface area contributed by atoms with Crippen molar-refractivity contribution in [3.63, 3.8) is 0 Å². The van der Waals surface area contributed by atoms with E-state index in [1.165, 1.54) is 12.8 Å². The number of carbonyl (C=O) groups excluding carboxylic acids is 1. The van der Waals surface area contributed by atoms with Crippen LogP contribution in [0.4, 0.5) is 0 Å². The predicted molar refractivity (Wildman–Crippen MR) is 78.9 cm³/mol. The van der Waals surface area contributed by atoms with Crippen molar-refractivity contribution in [2.45, 2.75) is 77.7 Å². The highest BCUT2D eigenvalue weighted by molar-refractivity contribution is 5.75. The summed E-state index contributed by atoms with van der Waals surface area (Å²) in [5, 5.41) is 12.6. The lowest BCUT2D eigenvalue weighted by Crippen LogP contribution is -2.32. The van der Waals surface area contributed by atoms with Gasteiger partial charge in [0.15, 0.2) is 0 Å². The van der Waals surface area contributed by atoms with Gasteiger partial charge in [-0.1, -0.05) is 39.5 Å². The Labute approximate surface area is 118 Å². The van der Waals surface area contributed by atoms with Crippen LogP contribution < -0.4 is 5.32 Å². The average molecular weight is 269 g/mol. The van der Waals surface area contributed by atoms with E-state index in [1.807, 2.05) is 0 Å². The Morgan fingerprint density at radius 1 is 1.26 bits per heavy atom. The van der Waals surface area contributed by atoms with Gasteiger partial charge in [-0.25, -0.2) is 0 Å². The summed E-state index contributed by atoms with van der Waals surface area (Å²) in [5.41, 5.74) is 0. The Morgan fingerprint density at radius 3 is 2.74 bits per heavy atom. The second-order valence-corrected chi connectivity index (χ2v) is 6.48. The van der Waals surface area contributed by atoms with Gasteiger partial charge < -0.3 is 10.4 Å². The third-order valence-corrected chi connectivity index (χ3v) is 4.03. The normalized spacial score (nSPS) is 23.6. The molecule has 2 N–H and O–H groups in total. The molecule has 19 heavy (non-hydrogen) atoms. The van der Waals surface area contributed by atoms with Gasteiger partial charge in [0.05, 0.1) is 6.10 Å². The van der Waals surface area contributed by atoms with Crippen LogP contribution in [0.5, 0.6) is 0 Å². The van der Waals surface area contributed by atoms with E-state index >= 15 is 0 Å². The van der Waals surface area contributed by atoms with Crippen LogP contribution in [0.15, 0.2) is 0 Å². The summed E-state index contributed by atoms with van der Waals surface area (Å²) in [6.45, 7) is 5.23. The number of nitrogens with one attached hydrogen (secondary N) is 1. The van der Waals surface area contributed by atoms with Crippen molar-refractivity contribution in [1.82, 2.24) is 5.32 Å². The minimum Gasteiger partial charge on any atom is -0.393 e. The molecule has 1 saturated carbocycles. The first-order valence-corrected chi connectivity index (χ1v) is 8.02. The van der Waals surface area contributed by atoms with Crippen molar-refractivity contribution in [2.75, 3.05) is 6.54 Å². The van der Waals surface area contributed by atoms with Gasteiger partial charge in [0, 0.05) is 13.0 Å². The molecule has 0 aromatic carbocycles. The number of hydrogen-bond acceptors (Lipinski definition) is 2. The summed E-state index contributed by atoms with van der Waals surface area (Å²) in [5.74, 6) is 1.44. The molecule has 1 rings (SSSR count). The highest BCUT2D eigenvalue weighted by atomic mass is 16.3. The number of rotatable bonds is 8. The van der Waals surface area contributed by atoms with Gasteiger partial charge in [-0.05, 0) is 37.5 Å². The number of amides is 1. The maximum Gasteiger partial charge on any atom is 0.220 e. The predicted octanol–water partition coefficient (Wildman–Crippen LogP) is 3.26. The number of hydrogen-bond donors (Lipinski definition) is 2. The van der Waals surface area contributed by atoms with Crippen LogP contribution in [-0.2, 0) is 4.79 Å². The van der Waals surface area contributed by atoms with Crippen LogP contribution in [0.1, 0.15) is 71.6 Å². The summed E-state index contributed by atoms with van der Waals surface area (Å²) in [6, 6.07) is 0. The van der Waals surface area contributed by atoms with Gasteiger partial charge >= 0.3 is 0 Å². The largest absolute Gasteiger partial charge is 0.393 e. The van der Waals surface area contributed by atoms with Gasteiger partial charge in [-0.3, -0.25) is 4.79 Å². The Balaban J connectivity index is 1.98. The molecular formula is C16H31NO2. The fraction of sp³-hybridized carbons (Fsp3) is 0.938. The molecule has 0 saturated heterocycles. The Morgan fingerprint density at radius 2 is 2.05 bits per heavy atom.